The summed E-state index contributed by atoms with van der Waals surface area (Å²) in [5.74, 6) is 6.12. The number of halogens is 1. The number of rotatable bonds is 2. The third-order valence-corrected chi connectivity index (χ3v) is 3.01. The molecule has 1 aliphatic carbocycles. The zero-order chi connectivity index (χ0) is 12.4. The van der Waals surface area contributed by atoms with Gasteiger partial charge in [-0.15, -0.1) is 0 Å². The molecule has 0 aromatic heterocycles. The van der Waals surface area contributed by atoms with Crippen molar-refractivity contribution >= 4 is 5.69 Å². The lowest BCUT2D eigenvalue weighted by molar-refractivity contribution is 0.627. The van der Waals surface area contributed by atoms with Crippen molar-refractivity contribution in [1.82, 2.24) is 0 Å². The smallest absolute Gasteiger partial charge is 0.123 e. The van der Waals surface area contributed by atoms with Crippen molar-refractivity contribution in [3.63, 3.8) is 0 Å². The molecular weight excluding hydrogens is 217 g/mol. The van der Waals surface area contributed by atoms with E-state index >= 15 is 0 Å². The first-order valence-corrected chi connectivity index (χ1v) is 5.57. The lowest BCUT2D eigenvalue weighted by Crippen LogP contribution is -2.35. The number of hydrogen-bond donors (Lipinski definition) is 2. The number of nitrogens with two attached hydrogens (primary N) is 2. The average molecular weight is 233 g/mol. The molecule has 0 saturated heterocycles. The molecule has 1 aromatic carbocycles. The van der Waals surface area contributed by atoms with Crippen LogP contribution in [0.15, 0.2) is 47.8 Å². The molecule has 0 radical (unpaired) electrons. The highest BCUT2D eigenvalue weighted by atomic mass is 19.1. The van der Waals surface area contributed by atoms with Crippen molar-refractivity contribution in [3.05, 3.63) is 53.6 Å². The summed E-state index contributed by atoms with van der Waals surface area (Å²) in [5, 5.41) is 1.38. The maximum Gasteiger partial charge on any atom is 0.123 e. The van der Waals surface area contributed by atoms with Crippen molar-refractivity contribution in [1.29, 1.82) is 0 Å². The second-order valence-corrected chi connectivity index (χ2v) is 4.17. The summed E-state index contributed by atoms with van der Waals surface area (Å²) in [6.45, 7) is 3.97. The third-order valence-electron chi connectivity index (χ3n) is 3.01. The van der Waals surface area contributed by atoms with Crippen LogP contribution in [0.5, 0.6) is 0 Å². The largest absolute Gasteiger partial charge is 0.384 e. The number of nitrogens with zero attached hydrogens (tertiary/aromatic N) is 1. The topological polar surface area (TPSA) is 55.3 Å². The van der Waals surface area contributed by atoms with Crippen LogP contribution in [0.3, 0.4) is 0 Å². The molecule has 4 N–H and O–H groups in total. The summed E-state index contributed by atoms with van der Waals surface area (Å²) in [6, 6.07) is 5.91. The first-order valence-electron chi connectivity index (χ1n) is 5.57. The zero-order valence-corrected chi connectivity index (χ0v) is 9.62. The molecule has 0 bridgehead atoms. The Hall–Kier alpha value is -1.81. The van der Waals surface area contributed by atoms with Gasteiger partial charge in [0.15, 0.2) is 0 Å². The summed E-state index contributed by atoms with van der Waals surface area (Å²) in [6.07, 6.45) is 2.93. The van der Waals surface area contributed by atoms with Gasteiger partial charge in [-0.05, 0) is 54.7 Å². The monoisotopic (exact) mass is 233 g/mol. The second-order valence-electron chi connectivity index (χ2n) is 4.17. The summed E-state index contributed by atoms with van der Waals surface area (Å²) < 4.78 is 12.8. The van der Waals surface area contributed by atoms with Gasteiger partial charge in [-0.25, -0.2) is 10.2 Å². The van der Waals surface area contributed by atoms with E-state index in [0.29, 0.717) is 11.5 Å². The van der Waals surface area contributed by atoms with Gasteiger partial charge in [0.1, 0.15) is 11.6 Å². The Morgan fingerprint density at radius 3 is 2.41 bits per heavy atom. The molecule has 0 aliphatic heterocycles. The van der Waals surface area contributed by atoms with Crippen LogP contribution in [0.2, 0.25) is 0 Å². The Balaban J connectivity index is 2.28. The van der Waals surface area contributed by atoms with Crippen LogP contribution in [0, 0.1) is 5.82 Å². The Labute approximate surface area is 100 Å². The van der Waals surface area contributed by atoms with E-state index in [9.17, 15) is 4.39 Å². The minimum Gasteiger partial charge on any atom is -0.384 e. The van der Waals surface area contributed by atoms with E-state index < -0.39 is 0 Å². The van der Waals surface area contributed by atoms with Crippen LogP contribution in [-0.2, 0) is 0 Å². The summed E-state index contributed by atoms with van der Waals surface area (Å²) in [4.78, 5) is 0. The molecular formula is C13H16FN3. The molecule has 2 rings (SSSR count). The van der Waals surface area contributed by atoms with Gasteiger partial charge < -0.3 is 5.73 Å². The molecule has 0 amide bonds. The number of allylic oxidation sites excluding steroid dienone is 2. The minimum atomic E-state index is -0.293. The number of benzene rings is 1. The number of hydrazine groups is 1. The van der Waals surface area contributed by atoms with E-state index in [0.717, 1.165) is 30.4 Å². The van der Waals surface area contributed by atoms with Crippen LogP contribution in [0.4, 0.5) is 10.1 Å². The molecule has 1 aliphatic rings. The lowest BCUT2D eigenvalue weighted by atomic mass is 10.1. The molecule has 3 nitrogen and oxygen atoms in total. The number of hydrogen-bond acceptors (Lipinski definition) is 3. The highest BCUT2D eigenvalue weighted by Gasteiger charge is 2.18. The molecule has 1 saturated carbocycles. The van der Waals surface area contributed by atoms with Crippen LogP contribution < -0.4 is 16.6 Å². The maximum absolute atomic E-state index is 12.8. The lowest BCUT2D eigenvalue weighted by Gasteiger charge is -2.21. The van der Waals surface area contributed by atoms with Gasteiger partial charge in [-0.3, -0.25) is 5.01 Å². The van der Waals surface area contributed by atoms with Crippen molar-refractivity contribution in [3.8, 4) is 0 Å². The Morgan fingerprint density at radius 1 is 1.24 bits per heavy atom. The Kier molecular flexibility index (Phi) is 3.15. The van der Waals surface area contributed by atoms with Crippen molar-refractivity contribution in [2.75, 3.05) is 5.01 Å². The van der Waals surface area contributed by atoms with Gasteiger partial charge in [0.25, 0.3) is 0 Å². The van der Waals surface area contributed by atoms with Gasteiger partial charge in [-0.2, -0.15) is 0 Å². The molecule has 0 spiro atoms. The minimum absolute atomic E-state index is 0.293. The van der Waals surface area contributed by atoms with E-state index in [-0.39, 0.29) is 5.82 Å². The van der Waals surface area contributed by atoms with E-state index in [1.54, 1.807) is 12.1 Å². The second kappa shape index (κ2) is 4.59. The normalized spacial score (nSPS) is 18.4. The highest BCUT2D eigenvalue weighted by molar-refractivity contribution is 5.53. The van der Waals surface area contributed by atoms with Gasteiger partial charge in [-0.1, -0.05) is 6.58 Å². The summed E-state index contributed by atoms with van der Waals surface area (Å²) in [5.41, 5.74) is 8.72. The van der Waals surface area contributed by atoms with Gasteiger partial charge >= 0.3 is 0 Å². The standard InChI is InChI=1S/C13H16FN3/c1-9-3-2-4-12(9)13(15)17(16)11-7-5-10(14)6-8-11/h5-8H,1-4,15-16H2/b13-12-. The Morgan fingerprint density at radius 2 is 1.88 bits per heavy atom. The predicted octanol–water partition coefficient (Wildman–Crippen LogP) is 2.42. The molecule has 1 aromatic rings. The fourth-order valence-corrected chi connectivity index (χ4v) is 2.00. The van der Waals surface area contributed by atoms with Crippen LogP contribution >= 0.6 is 0 Å². The molecule has 0 atom stereocenters. The first-order chi connectivity index (χ1) is 8.09. The Bertz CT molecular complexity index is 462. The van der Waals surface area contributed by atoms with Gasteiger partial charge in [0, 0.05) is 0 Å². The molecule has 17 heavy (non-hydrogen) atoms. The van der Waals surface area contributed by atoms with Crippen LogP contribution in [0.25, 0.3) is 0 Å². The van der Waals surface area contributed by atoms with Crippen LogP contribution in [-0.4, -0.2) is 0 Å². The maximum atomic E-state index is 12.8. The van der Waals surface area contributed by atoms with Crippen molar-refractivity contribution in [2.24, 2.45) is 11.6 Å². The fraction of sp³-hybridized carbons (Fsp3) is 0.231. The molecule has 4 heteroatoms. The van der Waals surface area contributed by atoms with E-state index in [1.807, 2.05) is 0 Å². The predicted molar refractivity (Wildman–Crippen MR) is 67.3 cm³/mol. The van der Waals surface area contributed by atoms with Crippen molar-refractivity contribution in [2.45, 2.75) is 19.3 Å². The molecule has 90 valence electrons. The zero-order valence-electron chi connectivity index (χ0n) is 9.62. The molecule has 0 unspecified atom stereocenters. The van der Waals surface area contributed by atoms with E-state index in [2.05, 4.69) is 6.58 Å². The van der Waals surface area contributed by atoms with E-state index in [4.69, 9.17) is 11.6 Å². The SMILES string of the molecule is C=C1CCC/C1=C(\N)N(N)c1ccc(F)cc1. The average Bonchev–Trinajstić information content (AvgIpc) is 2.74. The molecule has 1 fully saturated rings. The van der Waals surface area contributed by atoms with Gasteiger partial charge in [0.05, 0.1) is 5.69 Å². The van der Waals surface area contributed by atoms with Crippen molar-refractivity contribution < 1.29 is 4.39 Å². The third kappa shape index (κ3) is 2.31. The van der Waals surface area contributed by atoms with Gasteiger partial charge in [0.2, 0.25) is 0 Å². The first kappa shape index (κ1) is 11.7. The number of anilines is 1. The van der Waals surface area contributed by atoms with Crippen LogP contribution in [0.1, 0.15) is 19.3 Å². The molecule has 0 heterocycles. The fourth-order valence-electron chi connectivity index (χ4n) is 2.00. The quantitative estimate of drug-likeness (QED) is 0.609. The highest BCUT2D eigenvalue weighted by Crippen LogP contribution is 2.31. The van der Waals surface area contributed by atoms with E-state index in [1.165, 1.54) is 17.1 Å². The summed E-state index contributed by atoms with van der Waals surface area (Å²) >= 11 is 0. The summed E-state index contributed by atoms with van der Waals surface area (Å²) in [7, 11) is 0.